The topological polar surface area (TPSA) is 38.8 Å². The van der Waals surface area contributed by atoms with Crippen molar-refractivity contribution in [1.82, 2.24) is 14.7 Å². The summed E-state index contributed by atoms with van der Waals surface area (Å²) in [5.74, 6) is 0.776. The number of piperidine rings is 1. The van der Waals surface area contributed by atoms with Crippen LogP contribution < -0.4 is 5.32 Å². The van der Waals surface area contributed by atoms with Gasteiger partial charge in [-0.05, 0) is 56.6 Å². The third kappa shape index (κ3) is 4.85. The predicted molar refractivity (Wildman–Crippen MR) is 98.7 cm³/mol. The lowest BCUT2D eigenvalue weighted by Crippen LogP contribution is -2.51. The average Bonchev–Trinajstić information content (AvgIpc) is 2.57. The molecule has 0 aromatic heterocycles. The van der Waals surface area contributed by atoms with Crippen LogP contribution in [-0.2, 0) is 0 Å². The van der Waals surface area contributed by atoms with Gasteiger partial charge in [-0.3, -0.25) is 4.90 Å². The van der Waals surface area contributed by atoms with Crippen molar-refractivity contribution in [3.63, 3.8) is 0 Å². The quantitative estimate of drug-likeness (QED) is 0.911. The molecule has 0 bridgehead atoms. The molecule has 1 aromatic rings. The molecule has 0 radical (unpaired) electrons. The second-order valence-corrected chi connectivity index (χ2v) is 7.43. The smallest absolute Gasteiger partial charge is 0.321 e. The first kappa shape index (κ1) is 17.5. The molecule has 1 N–H and O–H groups in total. The van der Waals surface area contributed by atoms with E-state index in [0.29, 0.717) is 5.02 Å². The van der Waals surface area contributed by atoms with Gasteiger partial charge in [-0.25, -0.2) is 4.79 Å². The minimum atomic E-state index is -0.0191. The Kier molecular flexibility index (Phi) is 5.98. The van der Waals surface area contributed by atoms with Gasteiger partial charge >= 0.3 is 6.03 Å². The molecule has 5 nitrogen and oxygen atoms in total. The summed E-state index contributed by atoms with van der Waals surface area (Å²) in [5.41, 5.74) is 0.789. The van der Waals surface area contributed by atoms with Crippen LogP contribution in [0, 0.1) is 5.92 Å². The number of carbonyl (C=O) groups is 1. The highest BCUT2D eigenvalue weighted by Gasteiger charge is 2.25. The molecule has 2 fully saturated rings. The van der Waals surface area contributed by atoms with Gasteiger partial charge in [0.1, 0.15) is 0 Å². The highest BCUT2D eigenvalue weighted by molar-refractivity contribution is 6.30. The van der Waals surface area contributed by atoms with Gasteiger partial charge in [-0.15, -0.1) is 0 Å². The van der Waals surface area contributed by atoms with E-state index in [1.165, 1.54) is 25.9 Å². The molecule has 2 aliphatic heterocycles. The van der Waals surface area contributed by atoms with E-state index in [1.807, 2.05) is 17.0 Å². The van der Waals surface area contributed by atoms with Crippen LogP contribution in [0.15, 0.2) is 24.3 Å². The van der Waals surface area contributed by atoms with E-state index in [0.717, 1.165) is 44.3 Å². The average molecular weight is 351 g/mol. The summed E-state index contributed by atoms with van der Waals surface area (Å²) in [4.78, 5) is 19.2. The first-order chi connectivity index (χ1) is 11.6. The Morgan fingerprint density at radius 2 is 1.88 bits per heavy atom. The van der Waals surface area contributed by atoms with E-state index in [1.54, 1.807) is 12.1 Å². The van der Waals surface area contributed by atoms with Crippen molar-refractivity contribution in [2.75, 3.05) is 58.2 Å². The molecule has 132 valence electrons. The van der Waals surface area contributed by atoms with Gasteiger partial charge in [0.25, 0.3) is 0 Å². The number of likely N-dealkylation sites (tertiary alicyclic amines) is 1. The summed E-state index contributed by atoms with van der Waals surface area (Å²) >= 11 is 5.87. The van der Waals surface area contributed by atoms with Crippen molar-refractivity contribution in [2.24, 2.45) is 5.92 Å². The molecule has 1 unspecified atom stereocenters. The summed E-state index contributed by atoms with van der Waals surface area (Å²) < 4.78 is 0. The van der Waals surface area contributed by atoms with Gasteiger partial charge in [0.15, 0.2) is 0 Å². The van der Waals surface area contributed by atoms with Gasteiger partial charge in [0.2, 0.25) is 0 Å². The third-order valence-electron chi connectivity index (χ3n) is 4.99. The molecule has 2 amide bonds. The standard InChI is InChI=1S/C18H27ClN4O/c1-21-8-2-3-15(13-21)14-22-9-11-23(12-10-22)18(24)20-17-6-4-16(19)5-7-17/h4-7,15H,2-3,8-14H2,1H3,(H,20,24). The number of hydrogen-bond donors (Lipinski definition) is 1. The number of carbonyl (C=O) groups excluding carboxylic acids is 1. The summed E-state index contributed by atoms with van der Waals surface area (Å²) in [5, 5.41) is 3.62. The van der Waals surface area contributed by atoms with Crippen LogP contribution in [-0.4, -0.2) is 73.6 Å². The Morgan fingerprint density at radius 1 is 1.17 bits per heavy atom. The molecule has 2 saturated heterocycles. The van der Waals surface area contributed by atoms with E-state index < -0.39 is 0 Å². The minimum absolute atomic E-state index is 0.0191. The molecule has 24 heavy (non-hydrogen) atoms. The summed E-state index contributed by atoms with van der Waals surface area (Å²) in [7, 11) is 2.21. The second-order valence-electron chi connectivity index (χ2n) is 7.00. The van der Waals surface area contributed by atoms with Crippen molar-refractivity contribution >= 4 is 23.3 Å². The fraction of sp³-hybridized carbons (Fsp3) is 0.611. The molecule has 3 rings (SSSR count). The highest BCUT2D eigenvalue weighted by Crippen LogP contribution is 2.18. The first-order valence-corrected chi connectivity index (χ1v) is 9.20. The Bertz CT molecular complexity index is 542. The maximum Gasteiger partial charge on any atom is 0.321 e. The fourth-order valence-corrected chi connectivity index (χ4v) is 3.78. The van der Waals surface area contributed by atoms with E-state index in [-0.39, 0.29) is 6.03 Å². The van der Waals surface area contributed by atoms with Gasteiger partial charge in [-0.1, -0.05) is 11.6 Å². The second kappa shape index (κ2) is 8.19. The normalized spacial score (nSPS) is 23.2. The Labute approximate surface area is 149 Å². The third-order valence-corrected chi connectivity index (χ3v) is 5.25. The van der Waals surface area contributed by atoms with Gasteiger partial charge in [0, 0.05) is 50.0 Å². The lowest BCUT2D eigenvalue weighted by Gasteiger charge is -2.38. The lowest BCUT2D eigenvalue weighted by molar-refractivity contribution is 0.109. The number of piperazine rings is 1. The van der Waals surface area contributed by atoms with Crippen LogP contribution in [0.1, 0.15) is 12.8 Å². The summed E-state index contributed by atoms with van der Waals surface area (Å²) in [6.45, 7) is 7.12. The van der Waals surface area contributed by atoms with Crippen LogP contribution in [0.4, 0.5) is 10.5 Å². The van der Waals surface area contributed by atoms with Crippen molar-refractivity contribution in [1.29, 1.82) is 0 Å². The van der Waals surface area contributed by atoms with Crippen LogP contribution in [0.5, 0.6) is 0 Å². The summed E-state index contributed by atoms with van der Waals surface area (Å²) in [6.07, 6.45) is 2.65. The zero-order valence-electron chi connectivity index (χ0n) is 14.4. The lowest BCUT2D eigenvalue weighted by atomic mass is 9.97. The number of halogens is 1. The van der Waals surface area contributed by atoms with Gasteiger partial charge < -0.3 is 15.1 Å². The highest BCUT2D eigenvalue weighted by atomic mass is 35.5. The Hall–Kier alpha value is -1.30. The Balaban J connectivity index is 1.42. The van der Waals surface area contributed by atoms with Crippen LogP contribution in [0.3, 0.4) is 0 Å². The molecule has 0 aliphatic carbocycles. The van der Waals surface area contributed by atoms with Crippen molar-refractivity contribution < 1.29 is 4.79 Å². The largest absolute Gasteiger partial charge is 0.322 e. The van der Waals surface area contributed by atoms with Crippen molar-refractivity contribution in [3.8, 4) is 0 Å². The Morgan fingerprint density at radius 3 is 2.54 bits per heavy atom. The molecule has 0 saturated carbocycles. The van der Waals surface area contributed by atoms with E-state index in [2.05, 4.69) is 22.2 Å². The molecule has 0 spiro atoms. The number of benzene rings is 1. The number of rotatable bonds is 3. The molecule has 2 aliphatic rings. The number of urea groups is 1. The van der Waals surface area contributed by atoms with E-state index in [9.17, 15) is 4.79 Å². The zero-order chi connectivity index (χ0) is 16.9. The van der Waals surface area contributed by atoms with Crippen molar-refractivity contribution in [2.45, 2.75) is 12.8 Å². The van der Waals surface area contributed by atoms with Crippen molar-refractivity contribution in [3.05, 3.63) is 29.3 Å². The zero-order valence-corrected chi connectivity index (χ0v) is 15.1. The minimum Gasteiger partial charge on any atom is -0.322 e. The van der Waals surface area contributed by atoms with E-state index >= 15 is 0 Å². The monoisotopic (exact) mass is 350 g/mol. The number of nitrogens with one attached hydrogen (secondary N) is 1. The van der Waals surface area contributed by atoms with Crippen LogP contribution >= 0.6 is 11.6 Å². The maximum absolute atomic E-state index is 12.3. The number of nitrogens with zero attached hydrogens (tertiary/aromatic N) is 3. The first-order valence-electron chi connectivity index (χ1n) is 8.82. The fourth-order valence-electron chi connectivity index (χ4n) is 3.66. The molecule has 6 heteroatoms. The van der Waals surface area contributed by atoms with Crippen LogP contribution in [0.25, 0.3) is 0 Å². The number of amides is 2. The molecule has 1 atom stereocenters. The summed E-state index contributed by atoms with van der Waals surface area (Å²) in [6, 6.07) is 7.22. The molecule has 2 heterocycles. The predicted octanol–water partition coefficient (Wildman–Crippen LogP) is 2.83. The number of anilines is 1. The van der Waals surface area contributed by atoms with Gasteiger partial charge in [-0.2, -0.15) is 0 Å². The number of hydrogen-bond acceptors (Lipinski definition) is 3. The van der Waals surface area contributed by atoms with E-state index in [4.69, 9.17) is 11.6 Å². The van der Waals surface area contributed by atoms with Gasteiger partial charge in [0.05, 0.1) is 0 Å². The molecular formula is C18H27ClN4O. The molecular weight excluding hydrogens is 324 g/mol. The molecule has 1 aromatic carbocycles. The SMILES string of the molecule is CN1CCCC(CN2CCN(C(=O)Nc3ccc(Cl)cc3)CC2)C1. The maximum atomic E-state index is 12.3. The van der Waals surface area contributed by atoms with Crippen LogP contribution in [0.2, 0.25) is 5.02 Å².